The van der Waals surface area contributed by atoms with Crippen molar-refractivity contribution in [3.05, 3.63) is 29.3 Å². The summed E-state index contributed by atoms with van der Waals surface area (Å²) in [5.74, 6) is 0.161. The van der Waals surface area contributed by atoms with E-state index in [-0.39, 0.29) is 34.1 Å². The number of thioether (sulfide) groups is 1. The van der Waals surface area contributed by atoms with Gasteiger partial charge in [-0.2, -0.15) is 13.2 Å². The van der Waals surface area contributed by atoms with Crippen molar-refractivity contribution in [2.75, 3.05) is 0 Å². The minimum atomic E-state index is -4.40. The summed E-state index contributed by atoms with van der Waals surface area (Å²) in [6, 6.07) is 4.63. The van der Waals surface area contributed by atoms with Gasteiger partial charge in [-0.15, -0.1) is 0 Å². The lowest BCUT2D eigenvalue weighted by Crippen LogP contribution is -2.33. The molecule has 0 aromatic heterocycles. The van der Waals surface area contributed by atoms with Crippen LogP contribution in [0.4, 0.5) is 13.2 Å². The maximum absolute atomic E-state index is 12.6. The molecule has 0 aliphatic heterocycles. The number of hydrogen-bond donors (Lipinski definition) is 0. The molecule has 1 fully saturated rings. The summed E-state index contributed by atoms with van der Waals surface area (Å²) < 4.78 is 43.7. The lowest BCUT2D eigenvalue weighted by Gasteiger charge is -2.32. The molecule has 2 atom stereocenters. The molecule has 2 aliphatic carbocycles. The number of fused-ring (bicyclic) bond motifs is 1. The molecule has 2 aliphatic rings. The summed E-state index contributed by atoms with van der Waals surface area (Å²) >= 11 is -0.224. The first kappa shape index (κ1) is 15.9. The SMILES string of the molecule is CC(OC1Cc2cccc(SC(F)(F)F)c2C1=O)C1CCC1. The van der Waals surface area contributed by atoms with Crippen LogP contribution in [0.3, 0.4) is 0 Å². The van der Waals surface area contributed by atoms with Crippen molar-refractivity contribution in [1.82, 2.24) is 0 Å². The average molecular weight is 330 g/mol. The fraction of sp³-hybridized carbons (Fsp3) is 0.562. The molecule has 2 unspecified atom stereocenters. The van der Waals surface area contributed by atoms with E-state index in [9.17, 15) is 18.0 Å². The smallest absolute Gasteiger partial charge is 0.366 e. The maximum Gasteiger partial charge on any atom is 0.446 e. The molecule has 6 heteroatoms. The molecule has 0 radical (unpaired) electrons. The van der Waals surface area contributed by atoms with Crippen LogP contribution < -0.4 is 0 Å². The van der Waals surface area contributed by atoms with Gasteiger partial charge in [0.15, 0.2) is 5.78 Å². The van der Waals surface area contributed by atoms with Crippen molar-refractivity contribution in [3.63, 3.8) is 0 Å². The van der Waals surface area contributed by atoms with E-state index < -0.39 is 11.6 Å². The predicted molar refractivity (Wildman–Crippen MR) is 78.1 cm³/mol. The normalized spacial score (nSPS) is 23.3. The zero-order valence-corrected chi connectivity index (χ0v) is 13.0. The molecule has 3 rings (SSSR count). The molecule has 1 aromatic carbocycles. The molecule has 1 aromatic rings. The van der Waals surface area contributed by atoms with Gasteiger partial charge in [-0.05, 0) is 49.1 Å². The highest BCUT2D eigenvalue weighted by Gasteiger charge is 2.39. The molecule has 1 saturated carbocycles. The van der Waals surface area contributed by atoms with Crippen molar-refractivity contribution in [1.29, 1.82) is 0 Å². The third kappa shape index (κ3) is 3.18. The van der Waals surface area contributed by atoms with E-state index >= 15 is 0 Å². The molecule has 0 bridgehead atoms. The summed E-state index contributed by atoms with van der Waals surface area (Å²) in [6.07, 6.45) is 3.10. The first-order valence-electron chi connectivity index (χ1n) is 7.42. The number of ketones is 1. The molecule has 2 nitrogen and oxygen atoms in total. The minimum absolute atomic E-state index is 0.0163. The predicted octanol–water partition coefficient (Wildman–Crippen LogP) is 4.61. The standard InChI is InChI=1S/C16H17F3O2S/c1-9(10-4-2-5-10)21-12-8-11-6-3-7-13(14(11)15(12)20)22-16(17,18)19/h3,6-7,9-10,12H,2,4-5,8H2,1H3. The number of Topliss-reactive ketones (excluding diaryl/α,β-unsaturated/α-hetero) is 1. The molecule has 0 amide bonds. The quantitative estimate of drug-likeness (QED) is 0.754. The fourth-order valence-corrected chi connectivity index (χ4v) is 3.81. The Morgan fingerprint density at radius 2 is 2.05 bits per heavy atom. The van der Waals surface area contributed by atoms with Crippen molar-refractivity contribution in [2.24, 2.45) is 5.92 Å². The molecule has 22 heavy (non-hydrogen) atoms. The van der Waals surface area contributed by atoms with Gasteiger partial charge in [-0.25, -0.2) is 0 Å². The number of ether oxygens (including phenoxy) is 1. The Morgan fingerprint density at radius 1 is 1.32 bits per heavy atom. The van der Waals surface area contributed by atoms with E-state index in [2.05, 4.69) is 0 Å². The van der Waals surface area contributed by atoms with Gasteiger partial charge in [0.2, 0.25) is 0 Å². The maximum atomic E-state index is 12.6. The van der Waals surface area contributed by atoms with E-state index in [1.807, 2.05) is 6.92 Å². The zero-order valence-electron chi connectivity index (χ0n) is 12.2. The van der Waals surface area contributed by atoms with E-state index in [1.54, 1.807) is 12.1 Å². The van der Waals surface area contributed by atoms with E-state index in [1.165, 1.54) is 12.5 Å². The number of carbonyl (C=O) groups excluding carboxylic acids is 1. The van der Waals surface area contributed by atoms with Crippen LogP contribution in [0.15, 0.2) is 23.1 Å². The van der Waals surface area contributed by atoms with Gasteiger partial charge in [-0.1, -0.05) is 18.6 Å². The minimum Gasteiger partial charge on any atom is -0.366 e. The van der Waals surface area contributed by atoms with E-state index in [4.69, 9.17) is 4.74 Å². The van der Waals surface area contributed by atoms with Crippen LogP contribution in [0.1, 0.15) is 42.1 Å². The van der Waals surface area contributed by atoms with Crippen LogP contribution in [0.5, 0.6) is 0 Å². The van der Waals surface area contributed by atoms with E-state index in [0.29, 0.717) is 17.9 Å². The highest BCUT2D eigenvalue weighted by Crippen LogP contribution is 2.42. The average Bonchev–Trinajstić information content (AvgIpc) is 2.63. The molecular formula is C16H17F3O2S. The largest absolute Gasteiger partial charge is 0.446 e. The Hall–Kier alpha value is -1.01. The zero-order chi connectivity index (χ0) is 15.9. The summed E-state index contributed by atoms with van der Waals surface area (Å²) in [5, 5.41) is 0. The molecule has 0 heterocycles. The second-order valence-corrected chi connectivity index (χ2v) is 7.03. The van der Waals surface area contributed by atoms with Gasteiger partial charge in [0.05, 0.1) is 6.10 Å². The van der Waals surface area contributed by atoms with Crippen molar-refractivity contribution in [3.8, 4) is 0 Å². The summed E-state index contributed by atoms with van der Waals surface area (Å²) in [6.45, 7) is 1.95. The second kappa shape index (κ2) is 5.89. The lowest BCUT2D eigenvalue weighted by atomic mass is 9.81. The topological polar surface area (TPSA) is 26.3 Å². The number of carbonyl (C=O) groups is 1. The summed E-state index contributed by atoms with van der Waals surface area (Å²) in [7, 11) is 0. The first-order chi connectivity index (χ1) is 10.3. The number of hydrogen-bond acceptors (Lipinski definition) is 3. The van der Waals surface area contributed by atoms with Crippen LogP contribution in [0.25, 0.3) is 0 Å². The van der Waals surface area contributed by atoms with Gasteiger partial charge in [-0.3, -0.25) is 4.79 Å². The van der Waals surface area contributed by atoms with Gasteiger partial charge in [0.25, 0.3) is 0 Å². The lowest BCUT2D eigenvalue weighted by molar-refractivity contribution is -0.0361. The number of alkyl halides is 3. The van der Waals surface area contributed by atoms with Crippen LogP contribution >= 0.6 is 11.8 Å². The van der Waals surface area contributed by atoms with Crippen molar-refractivity contribution >= 4 is 17.5 Å². The van der Waals surface area contributed by atoms with Gasteiger partial charge >= 0.3 is 5.51 Å². The number of rotatable bonds is 4. The van der Waals surface area contributed by atoms with Gasteiger partial charge < -0.3 is 4.74 Å². The van der Waals surface area contributed by atoms with E-state index in [0.717, 1.165) is 12.8 Å². The second-order valence-electron chi connectivity index (χ2n) is 5.93. The van der Waals surface area contributed by atoms with Crippen molar-refractivity contribution < 1.29 is 22.7 Å². The third-order valence-electron chi connectivity index (χ3n) is 4.47. The molecule has 0 saturated heterocycles. The Labute approximate surface area is 131 Å². The van der Waals surface area contributed by atoms with Crippen LogP contribution in [0, 0.1) is 5.92 Å². The van der Waals surface area contributed by atoms with Crippen LogP contribution in [-0.2, 0) is 11.2 Å². The number of halogens is 3. The summed E-state index contributed by atoms with van der Waals surface area (Å²) in [5.41, 5.74) is -3.55. The summed E-state index contributed by atoms with van der Waals surface area (Å²) in [4.78, 5) is 12.4. The monoisotopic (exact) mass is 330 g/mol. The van der Waals surface area contributed by atoms with Crippen LogP contribution in [0.2, 0.25) is 0 Å². The molecular weight excluding hydrogens is 313 g/mol. The molecule has 0 spiro atoms. The van der Waals surface area contributed by atoms with Gasteiger partial charge in [0.1, 0.15) is 6.10 Å². The Bertz CT molecular complexity index is 581. The third-order valence-corrected chi connectivity index (χ3v) is 5.27. The Balaban J connectivity index is 1.77. The number of benzene rings is 1. The van der Waals surface area contributed by atoms with Crippen LogP contribution in [-0.4, -0.2) is 23.5 Å². The Morgan fingerprint density at radius 3 is 2.64 bits per heavy atom. The fourth-order valence-electron chi connectivity index (χ4n) is 3.08. The van der Waals surface area contributed by atoms with Crippen molar-refractivity contribution in [2.45, 2.75) is 55.2 Å². The van der Waals surface area contributed by atoms with Gasteiger partial charge in [0, 0.05) is 16.9 Å². The molecule has 0 N–H and O–H groups in total. The molecule has 120 valence electrons. The first-order valence-corrected chi connectivity index (χ1v) is 8.24. The highest BCUT2D eigenvalue weighted by molar-refractivity contribution is 8.00. The highest BCUT2D eigenvalue weighted by atomic mass is 32.2. The Kier molecular flexibility index (Phi) is 4.25.